The molecule has 0 spiro atoms. The summed E-state index contributed by atoms with van der Waals surface area (Å²) in [5.41, 5.74) is 7.17. The summed E-state index contributed by atoms with van der Waals surface area (Å²) in [7, 11) is 0. The van der Waals surface area contributed by atoms with E-state index in [9.17, 15) is 19.2 Å². The number of carboxylic acids is 2. The lowest BCUT2D eigenvalue weighted by atomic mass is 10.1. The number of aliphatic carboxylic acids is 2. The Morgan fingerprint density at radius 2 is 0.480 bits per heavy atom. The molecule has 238 valence electrons. The van der Waals surface area contributed by atoms with Gasteiger partial charge in [-0.2, -0.15) is 0 Å². The highest BCUT2D eigenvalue weighted by Gasteiger charge is 2.11. The molecule has 8 nitrogen and oxygen atoms in total. The summed E-state index contributed by atoms with van der Waals surface area (Å²) in [4.78, 5) is 43.8. The second-order valence-electron chi connectivity index (χ2n) is 10.4. The molecule has 0 aliphatic heterocycles. The van der Waals surface area contributed by atoms with E-state index in [4.69, 9.17) is 10.2 Å². The van der Waals surface area contributed by atoms with E-state index in [1.54, 1.807) is 48.5 Å². The van der Waals surface area contributed by atoms with Crippen LogP contribution in [0.3, 0.4) is 0 Å². The van der Waals surface area contributed by atoms with E-state index >= 15 is 0 Å². The Balaban J connectivity index is 1.13. The number of carboxylic acid groups (broad SMARTS) is 2. The van der Waals surface area contributed by atoms with Crippen LogP contribution in [0, 0.1) is 47.4 Å². The van der Waals surface area contributed by atoms with Crippen molar-refractivity contribution >= 4 is 35.1 Å². The van der Waals surface area contributed by atoms with Crippen LogP contribution >= 0.6 is 0 Å². The van der Waals surface area contributed by atoms with Gasteiger partial charge in [-0.25, -0.2) is 9.59 Å². The van der Waals surface area contributed by atoms with Crippen molar-refractivity contribution < 1.29 is 29.4 Å². The second kappa shape index (κ2) is 16.2. The molecule has 5 aromatic rings. The van der Waals surface area contributed by atoms with Gasteiger partial charge in [-0.3, -0.25) is 9.59 Å². The number of rotatable bonds is 2. The third-order valence-corrected chi connectivity index (χ3v) is 6.73. The molecule has 0 fully saturated rings. The maximum absolute atomic E-state index is 11.3. The van der Waals surface area contributed by atoms with Crippen molar-refractivity contribution in [3.8, 4) is 47.4 Å². The van der Waals surface area contributed by atoms with Crippen LogP contribution in [0.4, 0.5) is 11.4 Å². The monoisotopic (exact) mass is 652 g/mol. The van der Waals surface area contributed by atoms with E-state index in [1.807, 2.05) is 72.8 Å². The van der Waals surface area contributed by atoms with E-state index in [0.29, 0.717) is 22.5 Å². The van der Waals surface area contributed by atoms with Crippen molar-refractivity contribution in [3.05, 3.63) is 166 Å². The first-order valence-electron chi connectivity index (χ1n) is 14.9. The van der Waals surface area contributed by atoms with Gasteiger partial charge in [-0.05, 0) is 121 Å². The molecule has 0 bridgehead atoms. The molecular weight excluding hydrogens is 628 g/mol. The molecule has 0 heterocycles. The SMILES string of the molecule is O=C(O)C(=O)Nc1ccc(C#Cc2ccc(C#Cc3ccc(C#Cc4ccc(C#Cc5ccc(NC(=O)C(=O)O)cc5)cc4)cc3)cc2)cc1. The number of carbonyl (C=O) groups excluding carboxylic acids is 2. The molecule has 50 heavy (non-hydrogen) atoms. The summed E-state index contributed by atoms with van der Waals surface area (Å²) in [6.07, 6.45) is 0. The van der Waals surface area contributed by atoms with E-state index in [0.717, 1.165) is 33.4 Å². The van der Waals surface area contributed by atoms with E-state index in [2.05, 4.69) is 58.0 Å². The van der Waals surface area contributed by atoms with Gasteiger partial charge in [0.1, 0.15) is 0 Å². The standard InChI is InChI=1S/C42H24N2O6/c45-39(41(47)48)43-37-25-21-35(22-26-37)19-17-33-13-9-31(10-14-33)7-5-29-1-2-30(4-3-29)6-8-32-11-15-34(16-12-32)18-20-36-23-27-38(28-24-36)44-40(46)42(49)50/h1-4,9-16,21-28H,(H,43,45)(H,44,46)(H,47,48)(H,49,50). The van der Waals surface area contributed by atoms with Crippen LogP contribution < -0.4 is 10.6 Å². The topological polar surface area (TPSA) is 133 Å². The average molecular weight is 653 g/mol. The van der Waals surface area contributed by atoms with Crippen LogP contribution in [0.25, 0.3) is 0 Å². The number of amides is 2. The van der Waals surface area contributed by atoms with Crippen LogP contribution in [0.1, 0.15) is 44.5 Å². The predicted octanol–water partition coefficient (Wildman–Crippen LogP) is 5.33. The first kappa shape index (κ1) is 33.6. The van der Waals surface area contributed by atoms with Crippen molar-refractivity contribution in [2.45, 2.75) is 0 Å². The van der Waals surface area contributed by atoms with Gasteiger partial charge in [0.2, 0.25) is 0 Å². The Morgan fingerprint density at radius 3 is 0.640 bits per heavy atom. The van der Waals surface area contributed by atoms with Crippen molar-refractivity contribution in [2.75, 3.05) is 10.6 Å². The predicted molar refractivity (Wildman–Crippen MR) is 189 cm³/mol. The zero-order valence-electron chi connectivity index (χ0n) is 26.1. The first-order chi connectivity index (χ1) is 24.2. The Kier molecular flexibility index (Phi) is 10.9. The smallest absolute Gasteiger partial charge is 0.394 e. The fourth-order valence-electron chi connectivity index (χ4n) is 4.13. The number of hydrogen-bond acceptors (Lipinski definition) is 4. The minimum atomic E-state index is -1.55. The fraction of sp³-hybridized carbons (Fsp3) is 0. The zero-order chi connectivity index (χ0) is 35.3. The molecule has 0 aliphatic carbocycles. The van der Waals surface area contributed by atoms with Gasteiger partial charge in [0.15, 0.2) is 0 Å². The van der Waals surface area contributed by atoms with Gasteiger partial charge < -0.3 is 20.8 Å². The molecule has 5 rings (SSSR count). The maximum atomic E-state index is 11.3. The Labute approximate surface area is 287 Å². The summed E-state index contributed by atoms with van der Waals surface area (Å²) in [5, 5.41) is 21.9. The van der Waals surface area contributed by atoms with E-state index < -0.39 is 23.8 Å². The summed E-state index contributed by atoms with van der Waals surface area (Å²) in [5.74, 6) is 19.5. The quantitative estimate of drug-likeness (QED) is 0.151. The molecule has 0 aliphatic rings. The van der Waals surface area contributed by atoms with Crippen LogP contribution in [-0.2, 0) is 19.2 Å². The lowest BCUT2D eigenvalue weighted by molar-refractivity contribution is -0.147. The summed E-state index contributed by atoms with van der Waals surface area (Å²) in [6.45, 7) is 0. The number of carbonyl (C=O) groups is 4. The third kappa shape index (κ3) is 10.1. The molecule has 0 saturated heterocycles. The molecule has 5 aromatic carbocycles. The number of benzene rings is 5. The summed E-state index contributed by atoms with van der Waals surface area (Å²) in [6, 6.07) is 35.9. The first-order valence-corrected chi connectivity index (χ1v) is 14.9. The van der Waals surface area contributed by atoms with Crippen LogP contribution in [0.5, 0.6) is 0 Å². The van der Waals surface area contributed by atoms with Crippen molar-refractivity contribution in [2.24, 2.45) is 0 Å². The van der Waals surface area contributed by atoms with Gasteiger partial charge in [-0.15, -0.1) is 0 Å². The minimum Gasteiger partial charge on any atom is -0.474 e. The summed E-state index contributed by atoms with van der Waals surface area (Å²) < 4.78 is 0. The number of nitrogens with one attached hydrogen (secondary N) is 2. The van der Waals surface area contributed by atoms with Crippen LogP contribution in [0.2, 0.25) is 0 Å². The van der Waals surface area contributed by atoms with Crippen molar-refractivity contribution in [1.82, 2.24) is 0 Å². The van der Waals surface area contributed by atoms with E-state index in [1.165, 1.54) is 0 Å². The Bertz CT molecular complexity index is 2160. The van der Waals surface area contributed by atoms with Gasteiger partial charge in [0, 0.05) is 55.9 Å². The number of anilines is 2. The van der Waals surface area contributed by atoms with Gasteiger partial charge in [0.05, 0.1) is 0 Å². The average Bonchev–Trinajstić information content (AvgIpc) is 3.13. The molecule has 0 aromatic heterocycles. The Hall–Kier alpha value is -7.78. The highest BCUT2D eigenvalue weighted by Crippen LogP contribution is 2.11. The fourth-order valence-corrected chi connectivity index (χ4v) is 4.13. The lowest BCUT2D eigenvalue weighted by Gasteiger charge is -2.01. The molecule has 4 N–H and O–H groups in total. The highest BCUT2D eigenvalue weighted by atomic mass is 16.4. The Morgan fingerprint density at radius 1 is 0.320 bits per heavy atom. The van der Waals surface area contributed by atoms with Gasteiger partial charge >= 0.3 is 23.8 Å². The lowest BCUT2D eigenvalue weighted by Crippen LogP contribution is -2.21. The van der Waals surface area contributed by atoms with Crippen LogP contribution in [0.15, 0.2) is 121 Å². The maximum Gasteiger partial charge on any atom is 0.394 e. The molecule has 0 radical (unpaired) electrons. The van der Waals surface area contributed by atoms with Crippen LogP contribution in [-0.4, -0.2) is 34.0 Å². The molecule has 2 amide bonds. The number of hydrogen-bond donors (Lipinski definition) is 4. The summed E-state index contributed by atoms with van der Waals surface area (Å²) >= 11 is 0. The minimum absolute atomic E-state index is 0.374. The van der Waals surface area contributed by atoms with Gasteiger partial charge in [0.25, 0.3) is 0 Å². The molecule has 0 saturated carbocycles. The largest absolute Gasteiger partial charge is 0.474 e. The zero-order valence-corrected chi connectivity index (χ0v) is 26.1. The third-order valence-electron chi connectivity index (χ3n) is 6.73. The van der Waals surface area contributed by atoms with Crippen molar-refractivity contribution in [1.29, 1.82) is 0 Å². The highest BCUT2D eigenvalue weighted by molar-refractivity contribution is 6.36. The molecular formula is C42H24N2O6. The van der Waals surface area contributed by atoms with E-state index in [-0.39, 0.29) is 0 Å². The molecule has 0 unspecified atom stereocenters. The van der Waals surface area contributed by atoms with Gasteiger partial charge in [-0.1, -0.05) is 47.4 Å². The normalized spacial score (nSPS) is 9.44. The van der Waals surface area contributed by atoms with Crippen molar-refractivity contribution in [3.63, 3.8) is 0 Å². The molecule has 8 heteroatoms. The molecule has 0 atom stereocenters. The second-order valence-corrected chi connectivity index (χ2v) is 10.4.